The van der Waals surface area contributed by atoms with Crippen LogP contribution in [0.1, 0.15) is 41.0 Å². The number of aryl methyl sites for hydroxylation is 1. The molecule has 2 heterocycles. The summed E-state index contributed by atoms with van der Waals surface area (Å²) < 4.78 is 7.40. The first-order valence-electron chi connectivity index (χ1n) is 10.6. The summed E-state index contributed by atoms with van der Waals surface area (Å²) >= 11 is 11.8. The maximum Gasteiger partial charge on any atom is 0.277 e. The van der Waals surface area contributed by atoms with E-state index in [1.54, 1.807) is 12.0 Å². The van der Waals surface area contributed by atoms with Crippen LogP contribution in [0.25, 0.3) is 6.08 Å². The van der Waals surface area contributed by atoms with Crippen molar-refractivity contribution < 1.29 is 9.53 Å². The highest BCUT2D eigenvalue weighted by Crippen LogP contribution is 2.28. The van der Waals surface area contributed by atoms with Crippen molar-refractivity contribution in [1.29, 1.82) is 0 Å². The molecule has 4 rings (SSSR count). The molecule has 1 fully saturated rings. The summed E-state index contributed by atoms with van der Waals surface area (Å²) in [5.74, 6) is 0.584. The summed E-state index contributed by atoms with van der Waals surface area (Å²) in [5.41, 5.74) is 4.92. The number of hydrogen-bond donors (Lipinski definition) is 1. The molecule has 170 valence electrons. The molecule has 1 N–H and O–H groups in total. The van der Waals surface area contributed by atoms with Gasteiger partial charge in [0.25, 0.3) is 5.91 Å². The van der Waals surface area contributed by atoms with Crippen molar-refractivity contribution in [3.63, 3.8) is 0 Å². The van der Waals surface area contributed by atoms with Crippen LogP contribution in [0.5, 0.6) is 5.75 Å². The van der Waals surface area contributed by atoms with E-state index in [0.717, 1.165) is 33.8 Å². The second-order valence-corrected chi connectivity index (χ2v) is 8.73. The molecule has 1 aliphatic rings. The molecule has 3 aromatic rings. The number of amides is 1. The standard InChI is InChI=1S/C25H25ClN4O2S/c1-15-23(26)17(3)29(28-15)14-20-12-18(10-11-22(20)32-4)13-21-24(31)30(25(33)27-21)16(2)19-8-6-5-7-9-19/h5-13,16H,14H2,1-4H3,(H,27,33)/b21-13-. The lowest BCUT2D eigenvalue weighted by Gasteiger charge is -2.23. The van der Waals surface area contributed by atoms with Crippen LogP contribution in [0.4, 0.5) is 0 Å². The molecule has 8 heteroatoms. The smallest absolute Gasteiger partial charge is 0.277 e. The third kappa shape index (κ3) is 4.51. The van der Waals surface area contributed by atoms with Gasteiger partial charge in [0.15, 0.2) is 5.11 Å². The lowest BCUT2D eigenvalue weighted by molar-refractivity contribution is -0.123. The molecule has 0 saturated carbocycles. The Hall–Kier alpha value is -3.16. The number of nitrogens with one attached hydrogen (secondary N) is 1. The minimum absolute atomic E-state index is 0.154. The molecule has 6 nitrogen and oxygen atoms in total. The third-order valence-electron chi connectivity index (χ3n) is 5.81. The van der Waals surface area contributed by atoms with Crippen molar-refractivity contribution in [3.05, 3.63) is 87.3 Å². The lowest BCUT2D eigenvalue weighted by atomic mass is 10.1. The second kappa shape index (κ2) is 9.37. The maximum absolute atomic E-state index is 13.2. The fourth-order valence-electron chi connectivity index (χ4n) is 3.95. The minimum Gasteiger partial charge on any atom is -0.496 e. The Bertz CT molecular complexity index is 1250. The Morgan fingerprint density at radius 2 is 1.94 bits per heavy atom. The third-order valence-corrected chi connectivity index (χ3v) is 6.65. The molecule has 1 aliphatic heterocycles. The van der Waals surface area contributed by atoms with E-state index in [2.05, 4.69) is 10.4 Å². The molecule has 0 bridgehead atoms. The first-order chi connectivity index (χ1) is 15.8. The highest BCUT2D eigenvalue weighted by molar-refractivity contribution is 7.80. The topological polar surface area (TPSA) is 59.4 Å². The molecule has 1 saturated heterocycles. The van der Waals surface area contributed by atoms with Crippen molar-refractivity contribution in [1.82, 2.24) is 20.0 Å². The van der Waals surface area contributed by atoms with Crippen LogP contribution >= 0.6 is 23.8 Å². The molecule has 1 aromatic heterocycles. The average Bonchev–Trinajstić information content (AvgIpc) is 3.22. The van der Waals surface area contributed by atoms with Gasteiger partial charge in [0.1, 0.15) is 11.4 Å². The van der Waals surface area contributed by atoms with Crippen LogP contribution in [0.3, 0.4) is 0 Å². The molecule has 0 spiro atoms. The number of ether oxygens (including phenoxy) is 1. The quantitative estimate of drug-likeness (QED) is 0.396. The van der Waals surface area contributed by atoms with Gasteiger partial charge in [0.2, 0.25) is 0 Å². The fourth-order valence-corrected chi connectivity index (χ4v) is 4.44. The second-order valence-electron chi connectivity index (χ2n) is 7.96. The SMILES string of the molecule is COc1ccc(/C=C2\NC(=S)N(C(C)c3ccccc3)C2=O)cc1Cn1nc(C)c(Cl)c1C. The van der Waals surface area contributed by atoms with Crippen molar-refractivity contribution in [2.24, 2.45) is 0 Å². The summed E-state index contributed by atoms with van der Waals surface area (Å²) in [6.45, 7) is 6.28. The van der Waals surface area contributed by atoms with Gasteiger partial charge in [-0.2, -0.15) is 5.10 Å². The van der Waals surface area contributed by atoms with Crippen molar-refractivity contribution in [2.45, 2.75) is 33.4 Å². The molecule has 1 amide bonds. The summed E-state index contributed by atoms with van der Waals surface area (Å²) in [4.78, 5) is 14.8. The zero-order valence-corrected chi connectivity index (χ0v) is 20.5. The number of carbonyl (C=O) groups excluding carboxylic acids is 1. The van der Waals surface area contributed by atoms with E-state index in [4.69, 9.17) is 28.6 Å². The van der Waals surface area contributed by atoms with Crippen molar-refractivity contribution in [2.75, 3.05) is 7.11 Å². The molecular weight excluding hydrogens is 456 g/mol. The highest BCUT2D eigenvalue weighted by Gasteiger charge is 2.34. The first-order valence-corrected chi connectivity index (χ1v) is 11.4. The molecular formula is C25H25ClN4O2S. The van der Waals surface area contributed by atoms with Crippen LogP contribution in [-0.2, 0) is 11.3 Å². The van der Waals surface area contributed by atoms with E-state index in [1.807, 2.05) is 80.1 Å². The monoisotopic (exact) mass is 480 g/mol. The van der Waals surface area contributed by atoms with Crippen LogP contribution < -0.4 is 10.1 Å². The van der Waals surface area contributed by atoms with Crippen LogP contribution in [-0.4, -0.2) is 32.8 Å². The summed E-state index contributed by atoms with van der Waals surface area (Å²) in [7, 11) is 1.63. The fraction of sp³-hybridized carbons (Fsp3) is 0.240. The van der Waals surface area contributed by atoms with Gasteiger partial charge in [0.05, 0.1) is 36.1 Å². The average molecular weight is 481 g/mol. The van der Waals surface area contributed by atoms with Gasteiger partial charge < -0.3 is 10.1 Å². The van der Waals surface area contributed by atoms with E-state index >= 15 is 0 Å². The Labute approximate surface area is 203 Å². The Morgan fingerprint density at radius 1 is 1.21 bits per heavy atom. The zero-order valence-electron chi connectivity index (χ0n) is 18.9. The maximum atomic E-state index is 13.2. The molecule has 1 unspecified atom stereocenters. The van der Waals surface area contributed by atoms with E-state index < -0.39 is 0 Å². The highest BCUT2D eigenvalue weighted by atomic mass is 35.5. The molecule has 0 radical (unpaired) electrons. The van der Waals surface area contributed by atoms with Gasteiger partial charge in [-0.05, 0) is 62.3 Å². The van der Waals surface area contributed by atoms with E-state index in [-0.39, 0.29) is 11.9 Å². The predicted molar refractivity (Wildman–Crippen MR) is 134 cm³/mol. The number of nitrogens with zero attached hydrogens (tertiary/aromatic N) is 3. The van der Waals surface area contributed by atoms with E-state index in [1.165, 1.54) is 0 Å². The van der Waals surface area contributed by atoms with Gasteiger partial charge in [-0.25, -0.2) is 0 Å². The van der Waals surface area contributed by atoms with Gasteiger partial charge in [-0.1, -0.05) is 48.0 Å². The number of aromatic nitrogens is 2. The Kier molecular flexibility index (Phi) is 6.54. The first kappa shape index (κ1) is 23.0. The Balaban J connectivity index is 1.62. The van der Waals surface area contributed by atoms with Gasteiger partial charge in [-0.3, -0.25) is 14.4 Å². The number of halogens is 1. The predicted octanol–water partition coefficient (Wildman–Crippen LogP) is 5.03. The number of rotatable bonds is 6. The van der Waals surface area contributed by atoms with E-state index in [9.17, 15) is 4.79 Å². The van der Waals surface area contributed by atoms with Crippen LogP contribution in [0.2, 0.25) is 5.02 Å². The number of carbonyl (C=O) groups is 1. The molecule has 0 aliphatic carbocycles. The van der Waals surface area contributed by atoms with E-state index in [0.29, 0.717) is 22.4 Å². The number of benzene rings is 2. The van der Waals surface area contributed by atoms with Gasteiger partial charge in [-0.15, -0.1) is 0 Å². The Morgan fingerprint density at radius 3 is 2.58 bits per heavy atom. The number of thiocarbonyl (C=S) groups is 1. The number of methoxy groups -OCH3 is 1. The summed E-state index contributed by atoms with van der Waals surface area (Å²) in [6, 6.07) is 15.4. The minimum atomic E-state index is -0.174. The zero-order chi connectivity index (χ0) is 23.7. The molecule has 2 aromatic carbocycles. The lowest BCUT2D eigenvalue weighted by Crippen LogP contribution is -2.33. The molecule has 1 atom stereocenters. The molecule has 33 heavy (non-hydrogen) atoms. The largest absolute Gasteiger partial charge is 0.496 e. The summed E-state index contributed by atoms with van der Waals surface area (Å²) in [5, 5.41) is 8.65. The number of hydrogen-bond acceptors (Lipinski definition) is 4. The van der Waals surface area contributed by atoms with Crippen molar-refractivity contribution in [3.8, 4) is 5.75 Å². The van der Waals surface area contributed by atoms with Gasteiger partial charge >= 0.3 is 0 Å². The van der Waals surface area contributed by atoms with Crippen molar-refractivity contribution >= 4 is 40.9 Å². The normalized spacial score (nSPS) is 15.8. The van der Waals surface area contributed by atoms with Crippen LogP contribution in [0.15, 0.2) is 54.2 Å². The summed E-state index contributed by atoms with van der Waals surface area (Å²) in [6.07, 6.45) is 1.81. The van der Waals surface area contributed by atoms with Gasteiger partial charge in [0, 0.05) is 5.56 Å². The van der Waals surface area contributed by atoms with Crippen LogP contribution in [0, 0.1) is 13.8 Å².